The minimum absolute atomic E-state index is 0.137. The van der Waals surface area contributed by atoms with Gasteiger partial charge >= 0.3 is 18.0 Å². The van der Waals surface area contributed by atoms with Crippen LogP contribution in [0.1, 0.15) is 5.56 Å². The Kier molecular flexibility index (Phi) is 5.33. The van der Waals surface area contributed by atoms with Crippen LogP contribution in [0, 0.1) is 0 Å². The van der Waals surface area contributed by atoms with E-state index >= 15 is 0 Å². The van der Waals surface area contributed by atoms with Gasteiger partial charge in [-0.25, -0.2) is 0 Å². The lowest BCUT2D eigenvalue weighted by Gasteiger charge is -2.32. The molecule has 0 aromatic heterocycles. The second-order valence-electron chi connectivity index (χ2n) is 5.08. The number of nitrogens with one attached hydrogen (secondary N) is 1. The molecule has 0 saturated carbocycles. The van der Waals surface area contributed by atoms with E-state index in [9.17, 15) is 27.6 Å². The van der Waals surface area contributed by atoms with Crippen LogP contribution in [0.3, 0.4) is 0 Å². The molecular weight excluding hydrogens is 351 g/mol. The van der Waals surface area contributed by atoms with E-state index in [0.29, 0.717) is 12.5 Å². The van der Waals surface area contributed by atoms with Crippen LogP contribution in [0.25, 0.3) is 0 Å². The highest BCUT2D eigenvalue weighted by atomic mass is 35.5. The average molecular weight is 364 g/mol. The van der Waals surface area contributed by atoms with E-state index < -0.39 is 29.2 Å². The predicted octanol–water partition coefficient (Wildman–Crippen LogP) is 1.60. The first kappa shape index (κ1) is 18.1. The van der Waals surface area contributed by atoms with Crippen molar-refractivity contribution in [3.63, 3.8) is 0 Å². The highest BCUT2D eigenvalue weighted by molar-refractivity contribution is 6.39. The summed E-state index contributed by atoms with van der Waals surface area (Å²) in [4.78, 5) is 37.2. The molecule has 0 radical (unpaired) electrons. The monoisotopic (exact) mass is 363 g/mol. The van der Waals surface area contributed by atoms with Crippen molar-refractivity contribution in [1.29, 1.82) is 0 Å². The zero-order chi connectivity index (χ0) is 17.9. The van der Waals surface area contributed by atoms with Crippen molar-refractivity contribution in [2.75, 3.05) is 31.5 Å². The lowest BCUT2D eigenvalue weighted by molar-refractivity contribution is -0.145. The van der Waals surface area contributed by atoms with Gasteiger partial charge in [0, 0.05) is 31.2 Å². The second-order valence-corrected chi connectivity index (χ2v) is 5.51. The number of anilines is 1. The van der Waals surface area contributed by atoms with Crippen LogP contribution in [-0.2, 0) is 20.6 Å². The first-order chi connectivity index (χ1) is 11.2. The summed E-state index contributed by atoms with van der Waals surface area (Å²) in [6.07, 6.45) is -4.10. The van der Waals surface area contributed by atoms with Crippen LogP contribution in [0.15, 0.2) is 18.2 Å². The van der Waals surface area contributed by atoms with Crippen LogP contribution in [0.2, 0.25) is 5.02 Å². The lowest BCUT2D eigenvalue weighted by Crippen LogP contribution is -2.51. The lowest BCUT2D eigenvalue weighted by atomic mass is 10.1. The highest BCUT2D eigenvalue weighted by Crippen LogP contribution is 2.36. The maximum Gasteiger partial charge on any atom is 0.418 e. The number of rotatable bonds is 2. The molecule has 0 bridgehead atoms. The number of hydrogen-bond donors (Lipinski definition) is 1. The third kappa shape index (κ3) is 4.16. The van der Waals surface area contributed by atoms with Gasteiger partial charge in [0.15, 0.2) is 0 Å². The quantitative estimate of drug-likeness (QED) is 0.641. The summed E-state index contributed by atoms with van der Waals surface area (Å²) in [5, 5.41) is 1.83. The number of halogens is 4. The molecule has 1 heterocycles. The molecule has 1 aliphatic heterocycles. The van der Waals surface area contributed by atoms with Crippen molar-refractivity contribution in [2.45, 2.75) is 6.18 Å². The summed E-state index contributed by atoms with van der Waals surface area (Å²) < 4.78 is 38.9. The molecule has 1 aromatic carbocycles. The topological polar surface area (TPSA) is 69.7 Å². The molecule has 0 spiro atoms. The maximum absolute atomic E-state index is 13.0. The minimum atomic E-state index is -4.73. The fourth-order valence-electron chi connectivity index (χ4n) is 2.21. The molecule has 1 aromatic rings. The van der Waals surface area contributed by atoms with Gasteiger partial charge in [0.25, 0.3) is 0 Å². The molecule has 0 atom stereocenters. The number of carbonyl (C=O) groups is 3. The van der Waals surface area contributed by atoms with Crippen molar-refractivity contribution < 1.29 is 27.6 Å². The molecule has 1 saturated heterocycles. The Morgan fingerprint density at radius 1 is 1.17 bits per heavy atom. The molecule has 0 aliphatic carbocycles. The smallest absolute Gasteiger partial charge is 0.342 e. The van der Waals surface area contributed by atoms with Gasteiger partial charge in [0.05, 0.1) is 11.3 Å². The van der Waals surface area contributed by atoms with Gasteiger partial charge in [-0.3, -0.25) is 14.4 Å². The van der Waals surface area contributed by atoms with Gasteiger partial charge in [-0.05, 0) is 18.2 Å². The van der Waals surface area contributed by atoms with Crippen molar-refractivity contribution >= 4 is 35.5 Å². The Bertz CT molecular complexity index is 658. The molecule has 1 N–H and O–H groups in total. The summed E-state index contributed by atoms with van der Waals surface area (Å²) in [7, 11) is 0. The zero-order valence-corrected chi connectivity index (χ0v) is 13.0. The summed E-state index contributed by atoms with van der Waals surface area (Å²) >= 11 is 5.55. The standard InChI is InChI=1S/C14H13ClF3N3O3/c15-9-1-2-11(10(7-9)14(16,17)18)19-12(23)13(24)21-5-3-20(8-22)4-6-21/h1-2,7-8H,3-6H2,(H,19,23). The van der Waals surface area contributed by atoms with Gasteiger partial charge in [-0.15, -0.1) is 0 Å². The van der Waals surface area contributed by atoms with Gasteiger partial charge in [-0.2, -0.15) is 13.2 Å². The first-order valence-corrected chi connectivity index (χ1v) is 7.26. The molecule has 0 unspecified atom stereocenters. The molecule has 6 nitrogen and oxygen atoms in total. The molecule has 3 amide bonds. The van der Waals surface area contributed by atoms with Crippen LogP contribution in [0.4, 0.5) is 18.9 Å². The van der Waals surface area contributed by atoms with Gasteiger partial charge in [0.2, 0.25) is 6.41 Å². The number of nitrogens with zero attached hydrogens (tertiary/aromatic N) is 2. The van der Waals surface area contributed by atoms with Crippen molar-refractivity contribution in [2.24, 2.45) is 0 Å². The van der Waals surface area contributed by atoms with Gasteiger partial charge in [-0.1, -0.05) is 11.6 Å². The van der Waals surface area contributed by atoms with E-state index in [4.69, 9.17) is 11.6 Å². The van der Waals surface area contributed by atoms with Crippen LogP contribution >= 0.6 is 11.6 Å². The normalized spacial score (nSPS) is 15.2. The van der Waals surface area contributed by atoms with Gasteiger partial charge in [0.1, 0.15) is 0 Å². The zero-order valence-electron chi connectivity index (χ0n) is 12.3. The van der Waals surface area contributed by atoms with Gasteiger partial charge < -0.3 is 15.1 Å². The Morgan fingerprint density at radius 3 is 2.33 bits per heavy atom. The summed E-state index contributed by atoms with van der Waals surface area (Å²) in [5.41, 5.74) is -1.68. The van der Waals surface area contributed by atoms with Crippen LogP contribution < -0.4 is 5.32 Å². The third-order valence-electron chi connectivity index (χ3n) is 3.48. The van der Waals surface area contributed by atoms with E-state index in [0.717, 1.165) is 6.07 Å². The highest BCUT2D eigenvalue weighted by Gasteiger charge is 2.35. The predicted molar refractivity (Wildman–Crippen MR) is 79.3 cm³/mol. The summed E-state index contributed by atoms with van der Waals surface area (Å²) in [6.45, 7) is 0.796. The Labute approximate surface area is 140 Å². The number of carbonyl (C=O) groups excluding carboxylic acids is 3. The Hall–Kier alpha value is -2.29. The number of amides is 3. The maximum atomic E-state index is 13.0. The Balaban J connectivity index is 2.10. The summed E-state index contributed by atoms with van der Waals surface area (Å²) in [6, 6.07) is 2.84. The summed E-state index contributed by atoms with van der Waals surface area (Å²) in [5.74, 6) is -2.13. The fourth-order valence-corrected chi connectivity index (χ4v) is 2.38. The molecule has 2 rings (SSSR count). The molecule has 24 heavy (non-hydrogen) atoms. The molecule has 1 fully saturated rings. The van der Waals surface area contributed by atoms with E-state index in [2.05, 4.69) is 0 Å². The van der Waals surface area contributed by atoms with Crippen molar-refractivity contribution in [3.8, 4) is 0 Å². The first-order valence-electron chi connectivity index (χ1n) is 6.88. The SMILES string of the molecule is O=CN1CCN(C(=O)C(=O)Nc2ccc(Cl)cc2C(F)(F)F)CC1. The molecule has 130 valence electrons. The number of hydrogen-bond acceptors (Lipinski definition) is 3. The van der Waals surface area contributed by atoms with E-state index in [1.807, 2.05) is 5.32 Å². The average Bonchev–Trinajstić information content (AvgIpc) is 2.55. The van der Waals surface area contributed by atoms with Crippen molar-refractivity contribution in [3.05, 3.63) is 28.8 Å². The molecular formula is C14H13ClF3N3O3. The molecule has 1 aliphatic rings. The second kappa shape index (κ2) is 7.08. The van der Waals surface area contributed by atoms with E-state index in [1.165, 1.54) is 15.9 Å². The number of piperazine rings is 1. The van der Waals surface area contributed by atoms with Crippen LogP contribution in [-0.4, -0.2) is 54.2 Å². The van der Waals surface area contributed by atoms with Crippen LogP contribution in [0.5, 0.6) is 0 Å². The van der Waals surface area contributed by atoms with E-state index in [1.54, 1.807) is 0 Å². The Morgan fingerprint density at radius 2 is 1.79 bits per heavy atom. The molecule has 10 heteroatoms. The third-order valence-corrected chi connectivity index (χ3v) is 3.72. The number of benzene rings is 1. The number of alkyl halides is 3. The largest absolute Gasteiger partial charge is 0.418 e. The van der Waals surface area contributed by atoms with E-state index in [-0.39, 0.29) is 31.2 Å². The fraction of sp³-hybridized carbons (Fsp3) is 0.357. The minimum Gasteiger partial charge on any atom is -0.342 e. The van der Waals surface area contributed by atoms with Crippen molar-refractivity contribution in [1.82, 2.24) is 9.80 Å².